The van der Waals surface area contributed by atoms with Gasteiger partial charge in [0.05, 0.1) is 18.5 Å². The zero-order valence-electron chi connectivity index (χ0n) is 7.49. The molecular formula is C8H8N2O3S. The first kappa shape index (κ1) is 9.29. The van der Waals surface area contributed by atoms with Gasteiger partial charge in [0.25, 0.3) is 0 Å². The zero-order valence-corrected chi connectivity index (χ0v) is 8.31. The van der Waals surface area contributed by atoms with E-state index in [4.69, 9.17) is 0 Å². The van der Waals surface area contributed by atoms with Gasteiger partial charge in [0.2, 0.25) is 5.01 Å². The number of carbonyl (C=O) groups is 2. The van der Waals surface area contributed by atoms with E-state index in [2.05, 4.69) is 15.0 Å². The van der Waals surface area contributed by atoms with Crippen LogP contribution in [0, 0.1) is 0 Å². The molecule has 0 fully saturated rings. The molecule has 74 valence electrons. The fourth-order valence-corrected chi connectivity index (χ4v) is 2.20. The number of methoxy groups -OCH3 is 1. The van der Waals surface area contributed by atoms with Crippen LogP contribution in [0.2, 0.25) is 0 Å². The van der Waals surface area contributed by atoms with Gasteiger partial charge in [-0.3, -0.25) is 4.79 Å². The number of carbonyl (C=O) groups excluding carboxylic acids is 2. The Bertz CT molecular complexity index is 399. The highest BCUT2D eigenvalue weighted by molar-refractivity contribution is 7.13. The van der Waals surface area contributed by atoms with Crippen molar-refractivity contribution < 1.29 is 14.3 Å². The molecule has 0 saturated heterocycles. The van der Waals surface area contributed by atoms with E-state index in [9.17, 15) is 9.59 Å². The summed E-state index contributed by atoms with van der Waals surface area (Å²) >= 11 is 1.20. The molecule has 0 bridgehead atoms. The number of aromatic nitrogens is 1. The molecule has 0 unspecified atom stereocenters. The lowest BCUT2D eigenvalue weighted by Crippen LogP contribution is -2.28. The van der Waals surface area contributed by atoms with Crippen molar-refractivity contribution in [1.29, 1.82) is 0 Å². The van der Waals surface area contributed by atoms with Crippen LogP contribution in [0.1, 0.15) is 25.2 Å². The largest absolute Gasteiger partial charge is 0.464 e. The molecule has 1 aliphatic heterocycles. The van der Waals surface area contributed by atoms with Crippen molar-refractivity contribution in [3.05, 3.63) is 15.6 Å². The molecule has 1 N–H and O–H groups in total. The van der Waals surface area contributed by atoms with Gasteiger partial charge in [-0.2, -0.15) is 0 Å². The monoisotopic (exact) mass is 212 g/mol. The zero-order chi connectivity index (χ0) is 10.1. The molecule has 0 aliphatic carbocycles. The Morgan fingerprint density at radius 1 is 1.57 bits per heavy atom. The van der Waals surface area contributed by atoms with E-state index in [1.807, 2.05) is 0 Å². The minimum absolute atomic E-state index is 0.0716. The lowest BCUT2D eigenvalue weighted by atomic mass is 10.2. The van der Waals surface area contributed by atoms with Crippen LogP contribution in [0.5, 0.6) is 0 Å². The Kier molecular flexibility index (Phi) is 2.30. The summed E-state index contributed by atoms with van der Waals surface area (Å²) in [5, 5.41) is 3.17. The van der Waals surface area contributed by atoms with Crippen LogP contribution in [-0.4, -0.2) is 30.4 Å². The predicted octanol–water partition coefficient (Wildman–Crippen LogP) is 0.216. The van der Waals surface area contributed by atoms with Gasteiger partial charge < -0.3 is 10.1 Å². The number of ether oxygens (including phenoxy) is 1. The normalized spacial score (nSPS) is 15.1. The van der Waals surface area contributed by atoms with E-state index in [0.717, 1.165) is 4.88 Å². The molecular weight excluding hydrogens is 204 g/mol. The van der Waals surface area contributed by atoms with E-state index in [1.54, 1.807) is 0 Å². The summed E-state index contributed by atoms with van der Waals surface area (Å²) < 4.78 is 4.53. The van der Waals surface area contributed by atoms with Crippen LogP contribution in [0.4, 0.5) is 0 Å². The Balaban J connectivity index is 2.40. The smallest absolute Gasteiger partial charge is 0.367 e. The first-order valence-corrected chi connectivity index (χ1v) is 4.86. The van der Waals surface area contributed by atoms with Crippen molar-refractivity contribution in [1.82, 2.24) is 10.3 Å². The van der Waals surface area contributed by atoms with Crippen molar-refractivity contribution in [3.63, 3.8) is 0 Å². The molecule has 0 spiro atoms. The number of hydrogen-bond donors (Lipinski definition) is 1. The Morgan fingerprint density at radius 3 is 3.00 bits per heavy atom. The lowest BCUT2D eigenvalue weighted by molar-refractivity contribution is 0.0600. The standard InChI is InChI=1S/C8H8N2O3S/c1-13-8(12)7-10-6-4(11)2-9-3-5(6)14-7/h9H,2-3H2,1H3. The molecule has 14 heavy (non-hydrogen) atoms. The topological polar surface area (TPSA) is 68.3 Å². The minimum Gasteiger partial charge on any atom is -0.464 e. The maximum absolute atomic E-state index is 11.3. The van der Waals surface area contributed by atoms with Crippen LogP contribution in [0.15, 0.2) is 0 Å². The van der Waals surface area contributed by atoms with Gasteiger partial charge in [-0.05, 0) is 0 Å². The van der Waals surface area contributed by atoms with Crippen LogP contribution >= 0.6 is 11.3 Å². The summed E-state index contributed by atoms with van der Waals surface area (Å²) in [6.07, 6.45) is 0. The molecule has 1 aromatic rings. The number of thiazole rings is 1. The Labute approximate surface area is 84.1 Å². The number of hydrogen-bond acceptors (Lipinski definition) is 6. The molecule has 0 saturated carbocycles. The first-order valence-electron chi connectivity index (χ1n) is 4.04. The maximum Gasteiger partial charge on any atom is 0.367 e. The maximum atomic E-state index is 11.3. The number of esters is 1. The van der Waals surface area contributed by atoms with Gasteiger partial charge in [-0.15, -0.1) is 11.3 Å². The number of nitrogens with one attached hydrogen (secondary N) is 1. The third-order valence-corrected chi connectivity index (χ3v) is 2.93. The van der Waals surface area contributed by atoms with Crippen LogP contribution in [0.25, 0.3) is 0 Å². The van der Waals surface area contributed by atoms with E-state index < -0.39 is 5.97 Å². The van der Waals surface area contributed by atoms with Crippen molar-refractivity contribution >= 4 is 23.1 Å². The highest BCUT2D eigenvalue weighted by Gasteiger charge is 2.24. The summed E-state index contributed by atoms with van der Waals surface area (Å²) in [4.78, 5) is 27.2. The van der Waals surface area contributed by atoms with Gasteiger partial charge in [-0.1, -0.05) is 0 Å². The van der Waals surface area contributed by atoms with Crippen molar-refractivity contribution in [2.45, 2.75) is 6.54 Å². The molecule has 0 radical (unpaired) electrons. The Hall–Kier alpha value is -1.27. The predicted molar refractivity (Wildman–Crippen MR) is 49.5 cm³/mol. The molecule has 5 nitrogen and oxygen atoms in total. The number of nitrogens with zero attached hydrogens (tertiary/aromatic N) is 1. The minimum atomic E-state index is -0.489. The number of Topliss-reactive ketones (excluding diaryl/α,β-unsaturated/α-hetero) is 1. The molecule has 0 amide bonds. The van der Waals surface area contributed by atoms with E-state index in [1.165, 1.54) is 18.4 Å². The Morgan fingerprint density at radius 2 is 2.36 bits per heavy atom. The second-order valence-electron chi connectivity index (χ2n) is 2.81. The molecule has 0 atom stereocenters. The number of fused-ring (bicyclic) bond motifs is 1. The summed E-state index contributed by atoms with van der Waals surface area (Å²) in [6.45, 7) is 0.882. The summed E-state index contributed by atoms with van der Waals surface area (Å²) in [7, 11) is 1.29. The third-order valence-electron chi connectivity index (χ3n) is 1.89. The van der Waals surface area contributed by atoms with E-state index in [0.29, 0.717) is 12.2 Å². The third kappa shape index (κ3) is 1.42. The summed E-state index contributed by atoms with van der Waals surface area (Å²) in [5.74, 6) is -0.560. The number of ketones is 1. The average Bonchev–Trinajstić information content (AvgIpc) is 2.62. The molecule has 1 aliphatic rings. The van der Waals surface area contributed by atoms with Gasteiger partial charge in [0.15, 0.2) is 5.78 Å². The summed E-state index contributed by atoms with van der Waals surface area (Å²) in [6, 6.07) is 0. The highest BCUT2D eigenvalue weighted by Crippen LogP contribution is 2.21. The second kappa shape index (κ2) is 3.47. The summed E-state index contributed by atoms with van der Waals surface area (Å²) in [5.41, 5.74) is 0.411. The van der Waals surface area contributed by atoms with Gasteiger partial charge >= 0.3 is 5.97 Å². The fourth-order valence-electron chi connectivity index (χ4n) is 1.24. The molecule has 2 heterocycles. The molecule has 0 aromatic carbocycles. The molecule has 1 aromatic heterocycles. The molecule has 6 heteroatoms. The van der Waals surface area contributed by atoms with Crippen molar-refractivity contribution in [2.75, 3.05) is 13.7 Å². The van der Waals surface area contributed by atoms with Gasteiger partial charge in [0.1, 0.15) is 5.69 Å². The fraction of sp³-hybridized carbons (Fsp3) is 0.375. The van der Waals surface area contributed by atoms with Crippen LogP contribution < -0.4 is 5.32 Å². The van der Waals surface area contributed by atoms with Crippen LogP contribution in [-0.2, 0) is 11.3 Å². The quantitative estimate of drug-likeness (QED) is 0.674. The first-order chi connectivity index (χ1) is 6.72. The van der Waals surface area contributed by atoms with E-state index in [-0.39, 0.29) is 17.3 Å². The lowest BCUT2D eigenvalue weighted by Gasteiger charge is -2.08. The van der Waals surface area contributed by atoms with Gasteiger partial charge in [-0.25, -0.2) is 9.78 Å². The van der Waals surface area contributed by atoms with Crippen molar-refractivity contribution in [3.8, 4) is 0 Å². The van der Waals surface area contributed by atoms with E-state index >= 15 is 0 Å². The highest BCUT2D eigenvalue weighted by atomic mass is 32.1. The average molecular weight is 212 g/mol. The van der Waals surface area contributed by atoms with Crippen LogP contribution in [0.3, 0.4) is 0 Å². The van der Waals surface area contributed by atoms with Crippen molar-refractivity contribution in [2.24, 2.45) is 0 Å². The SMILES string of the molecule is COC(=O)c1nc2c(s1)CNCC2=O. The van der Waals surface area contributed by atoms with Gasteiger partial charge in [0, 0.05) is 6.54 Å². The molecule has 2 rings (SSSR count). The second-order valence-corrected chi connectivity index (χ2v) is 3.89. The number of rotatable bonds is 1.